The first-order valence-electron chi connectivity index (χ1n) is 5.38. The SMILES string of the molecule is Cc1cccc(C(=S)CNC(=O)C(C)C)c1. The van der Waals surface area contributed by atoms with Crippen molar-refractivity contribution < 1.29 is 4.79 Å². The zero-order valence-corrected chi connectivity index (χ0v) is 10.7. The number of amides is 1. The van der Waals surface area contributed by atoms with Crippen LogP contribution in [0.3, 0.4) is 0 Å². The number of thiocarbonyl (C=S) groups is 1. The molecule has 1 N–H and O–H groups in total. The van der Waals surface area contributed by atoms with Crippen molar-refractivity contribution in [3.05, 3.63) is 35.4 Å². The first-order valence-corrected chi connectivity index (χ1v) is 5.79. The topological polar surface area (TPSA) is 29.1 Å². The number of hydrogen-bond acceptors (Lipinski definition) is 2. The van der Waals surface area contributed by atoms with Crippen molar-refractivity contribution in [1.29, 1.82) is 0 Å². The van der Waals surface area contributed by atoms with Crippen LogP contribution in [0.5, 0.6) is 0 Å². The van der Waals surface area contributed by atoms with Crippen molar-refractivity contribution >= 4 is 23.0 Å². The van der Waals surface area contributed by atoms with Crippen LogP contribution < -0.4 is 5.32 Å². The molecule has 0 spiro atoms. The maximum atomic E-state index is 11.4. The van der Waals surface area contributed by atoms with E-state index >= 15 is 0 Å². The first kappa shape index (κ1) is 12.8. The van der Waals surface area contributed by atoms with Gasteiger partial charge in [-0.2, -0.15) is 0 Å². The van der Waals surface area contributed by atoms with Crippen LogP contribution in [0.4, 0.5) is 0 Å². The predicted molar refractivity (Wildman–Crippen MR) is 70.7 cm³/mol. The monoisotopic (exact) mass is 235 g/mol. The molecule has 1 aromatic carbocycles. The van der Waals surface area contributed by atoms with Crippen molar-refractivity contribution in [2.45, 2.75) is 20.8 Å². The molecule has 0 saturated heterocycles. The second kappa shape index (κ2) is 5.75. The lowest BCUT2D eigenvalue weighted by atomic mass is 10.1. The van der Waals surface area contributed by atoms with Gasteiger partial charge in [-0.15, -0.1) is 0 Å². The standard InChI is InChI=1S/C13H17NOS/c1-9(2)13(15)14-8-12(16)11-6-4-5-10(3)7-11/h4-7,9H,8H2,1-3H3,(H,14,15). The lowest BCUT2D eigenvalue weighted by molar-refractivity contribution is -0.123. The molecule has 3 heteroatoms. The third-order valence-corrected chi connectivity index (χ3v) is 2.67. The molecule has 0 radical (unpaired) electrons. The van der Waals surface area contributed by atoms with Gasteiger partial charge < -0.3 is 5.32 Å². The molecular formula is C13H17NOS. The normalized spacial score (nSPS) is 10.2. The fourth-order valence-corrected chi connectivity index (χ4v) is 1.49. The summed E-state index contributed by atoms with van der Waals surface area (Å²) >= 11 is 5.27. The van der Waals surface area contributed by atoms with Gasteiger partial charge in [0.05, 0.1) is 6.54 Å². The Hall–Kier alpha value is -1.22. The molecule has 86 valence electrons. The molecular weight excluding hydrogens is 218 g/mol. The van der Waals surface area contributed by atoms with Crippen LogP contribution in [0, 0.1) is 12.8 Å². The largest absolute Gasteiger partial charge is 0.351 e. The predicted octanol–water partition coefficient (Wildman–Crippen LogP) is 2.49. The minimum Gasteiger partial charge on any atom is -0.351 e. The highest BCUT2D eigenvalue weighted by Crippen LogP contribution is 2.05. The summed E-state index contributed by atoms with van der Waals surface area (Å²) < 4.78 is 0. The summed E-state index contributed by atoms with van der Waals surface area (Å²) in [6.07, 6.45) is 0. The lowest BCUT2D eigenvalue weighted by Gasteiger charge is -2.09. The second-order valence-corrected chi connectivity index (χ2v) is 4.66. The smallest absolute Gasteiger partial charge is 0.222 e. The molecule has 0 saturated carbocycles. The van der Waals surface area contributed by atoms with Crippen LogP contribution in [-0.2, 0) is 4.79 Å². The average molecular weight is 235 g/mol. The van der Waals surface area contributed by atoms with E-state index in [4.69, 9.17) is 12.2 Å². The summed E-state index contributed by atoms with van der Waals surface area (Å²) in [5, 5.41) is 2.82. The van der Waals surface area contributed by atoms with Crippen LogP contribution in [0.1, 0.15) is 25.0 Å². The van der Waals surface area contributed by atoms with Crippen molar-refractivity contribution in [3.8, 4) is 0 Å². The lowest BCUT2D eigenvalue weighted by Crippen LogP contribution is -2.32. The molecule has 0 bridgehead atoms. The Morgan fingerprint density at radius 1 is 1.44 bits per heavy atom. The third kappa shape index (κ3) is 3.74. The van der Waals surface area contributed by atoms with Crippen molar-refractivity contribution in [3.63, 3.8) is 0 Å². The minimum absolute atomic E-state index is 0.000287. The first-order chi connectivity index (χ1) is 7.50. The van der Waals surface area contributed by atoms with Gasteiger partial charge in [0.1, 0.15) is 0 Å². The molecule has 0 aliphatic rings. The van der Waals surface area contributed by atoms with E-state index in [2.05, 4.69) is 5.32 Å². The Bertz CT molecular complexity index is 399. The summed E-state index contributed by atoms with van der Waals surface area (Å²) in [5.41, 5.74) is 2.19. The minimum atomic E-state index is 0.000287. The second-order valence-electron chi connectivity index (χ2n) is 4.17. The van der Waals surface area contributed by atoms with Gasteiger partial charge >= 0.3 is 0 Å². The Morgan fingerprint density at radius 2 is 2.12 bits per heavy atom. The van der Waals surface area contributed by atoms with E-state index < -0.39 is 0 Å². The van der Waals surface area contributed by atoms with Gasteiger partial charge in [-0.1, -0.05) is 55.9 Å². The van der Waals surface area contributed by atoms with Gasteiger partial charge in [-0.05, 0) is 12.5 Å². The molecule has 1 rings (SSSR count). The number of nitrogens with one attached hydrogen (secondary N) is 1. The fourth-order valence-electron chi connectivity index (χ4n) is 1.29. The Balaban J connectivity index is 2.57. The van der Waals surface area contributed by atoms with E-state index in [9.17, 15) is 4.79 Å². The average Bonchev–Trinajstić information content (AvgIpc) is 2.25. The Morgan fingerprint density at radius 3 is 2.69 bits per heavy atom. The maximum Gasteiger partial charge on any atom is 0.222 e. The zero-order chi connectivity index (χ0) is 12.1. The summed E-state index contributed by atoms with van der Waals surface area (Å²) in [4.78, 5) is 12.2. The van der Waals surface area contributed by atoms with Gasteiger partial charge in [0.2, 0.25) is 5.91 Å². The van der Waals surface area contributed by atoms with Gasteiger partial charge in [0.25, 0.3) is 0 Å². The molecule has 0 aliphatic heterocycles. The van der Waals surface area contributed by atoms with Gasteiger partial charge in [0.15, 0.2) is 0 Å². The van der Waals surface area contributed by atoms with E-state index in [0.717, 1.165) is 10.4 Å². The van der Waals surface area contributed by atoms with Crippen LogP contribution in [0.25, 0.3) is 0 Å². The Labute approximate surface area is 102 Å². The summed E-state index contributed by atoms with van der Waals surface area (Å²) in [6, 6.07) is 8.00. The van der Waals surface area contributed by atoms with Gasteiger partial charge in [-0.3, -0.25) is 4.79 Å². The number of hydrogen-bond donors (Lipinski definition) is 1. The highest BCUT2D eigenvalue weighted by atomic mass is 32.1. The molecule has 16 heavy (non-hydrogen) atoms. The molecule has 0 unspecified atom stereocenters. The molecule has 0 fully saturated rings. The number of benzene rings is 1. The quantitative estimate of drug-likeness (QED) is 0.641. The highest BCUT2D eigenvalue weighted by molar-refractivity contribution is 7.81. The summed E-state index contributed by atoms with van der Waals surface area (Å²) in [6.45, 7) is 6.20. The van der Waals surface area contributed by atoms with Crippen LogP contribution in [0.15, 0.2) is 24.3 Å². The van der Waals surface area contributed by atoms with E-state index in [1.807, 2.05) is 45.0 Å². The van der Waals surface area contributed by atoms with Gasteiger partial charge in [-0.25, -0.2) is 0 Å². The molecule has 0 atom stereocenters. The van der Waals surface area contributed by atoms with Crippen LogP contribution in [-0.4, -0.2) is 17.3 Å². The summed E-state index contributed by atoms with van der Waals surface area (Å²) in [7, 11) is 0. The molecule has 0 aromatic heterocycles. The molecule has 0 heterocycles. The molecule has 1 aromatic rings. The number of carbonyl (C=O) groups excluding carboxylic acids is 1. The van der Waals surface area contributed by atoms with Crippen molar-refractivity contribution in [2.75, 3.05) is 6.54 Å². The number of aryl methyl sites for hydroxylation is 1. The van der Waals surface area contributed by atoms with E-state index in [1.54, 1.807) is 0 Å². The van der Waals surface area contributed by atoms with Gasteiger partial charge in [0, 0.05) is 10.8 Å². The summed E-state index contributed by atoms with van der Waals surface area (Å²) in [5.74, 6) is 0.0373. The fraction of sp³-hybridized carbons (Fsp3) is 0.385. The van der Waals surface area contributed by atoms with Crippen molar-refractivity contribution in [2.24, 2.45) is 5.92 Å². The van der Waals surface area contributed by atoms with Crippen LogP contribution >= 0.6 is 12.2 Å². The van der Waals surface area contributed by atoms with E-state index in [0.29, 0.717) is 6.54 Å². The zero-order valence-electron chi connectivity index (χ0n) is 9.91. The van der Waals surface area contributed by atoms with Crippen LogP contribution in [0.2, 0.25) is 0 Å². The number of rotatable bonds is 4. The number of carbonyl (C=O) groups is 1. The van der Waals surface area contributed by atoms with E-state index in [-0.39, 0.29) is 11.8 Å². The molecule has 2 nitrogen and oxygen atoms in total. The molecule has 1 amide bonds. The molecule has 0 aliphatic carbocycles. The third-order valence-electron chi connectivity index (χ3n) is 2.29. The van der Waals surface area contributed by atoms with Crippen molar-refractivity contribution in [1.82, 2.24) is 5.32 Å². The Kier molecular flexibility index (Phi) is 4.62. The maximum absolute atomic E-state index is 11.4. The highest BCUT2D eigenvalue weighted by Gasteiger charge is 2.07. The van der Waals surface area contributed by atoms with E-state index in [1.165, 1.54) is 5.56 Å².